The van der Waals surface area contributed by atoms with Gasteiger partial charge in [-0.15, -0.1) is 0 Å². The van der Waals surface area contributed by atoms with Gasteiger partial charge in [-0.2, -0.15) is 0 Å². The Hall–Kier alpha value is -1.56. The highest BCUT2D eigenvalue weighted by Gasteiger charge is 2.07. The fourth-order valence-electron chi connectivity index (χ4n) is 2.12. The summed E-state index contributed by atoms with van der Waals surface area (Å²) in [6.45, 7) is 1.16. The standard InChI is InChI=1S/C17H20BrNO3/c1-21-14-6-4-13(5-7-14)16(20)11-19-10-12-3-8-17(22-2)15(18)9-12/h3-9,16,19-20H,10-11H2,1-2H3. The van der Waals surface area contributed by atoms with Crippen molar-refractivity contribution in [3.05, 3.63) is 58.1 Å². The average molecular weight is 366 g/mol. The molecule has 0 radical (unpaired) electrons. The molecule has 4 nitrogen and oxygen atoms in total. The Balaban J connectivity index is 1.85. The van der Waals surface area contributed by atoms with Crippen molar-refractivity contribution in [2.24, 2.45) is 0 Å². The SMILES string of the molecule is COc1ccc(C(O)CNCc2ccc(OC)c(Br)c2)cc1. The number of methoxy groups -OCH3 is 2. The van der Waals surface area contributed by atoms with Gasteiger partial charge in [0.15, 0.2) is 0 Å². The molecule has 0 aliphatic rings. The maximum atomic E-state index is 10.2. The van der Waals surface area contributed by atoms with Gasteiger partial charge in [0.2, 0.25) is 0 Å². The highest BCUT2D eigenvalue weighted by molar-refractivity contribution is 9.10. The molecule has 0 spiro atoms. The van der Waals surface area contributed by atoms with E-state index in [1.165, 1.54) is 0 Å². The van der Waals surface area contributed by atoms with Crippen LogP contribution >= 0.6 is 15.9 Å². The van der Waals surface area contributed by atoms with E-state index in [0.29, 0.717) is 13.1 Å². The molecule has 0 saturated heterocycles. The molecule has 0 heterocycles. The number of hydrogen-bond acceptors (Lipinski definition) is 4. The summed E-state index contributed by atoms with van der Waals surface area (Å²) in [6, 6.07) is 13.4. The van der Waals surface area contributed by atoms with E-state index in [4.69, 9.17) is 9.47 Å². The number of halogens is 1. The molecule has 0 saturated carbocycles. The second-order valence-electron chi connectivity index (χ2n) is 4.89. The smallest absolute Gasteiger partial charge is 0.133 e. The molecule has 118 valence electrons. The number of hydrogen-bond donors (Lipinski definition) is 2. The van der Waals surface area contributed by atoms with Gasteiger partial charge in [0, 0.05) is 13.1 Å². The van der Waals surface area contributed by atoms with Crippen molar-refractivity contribution in [2.75, 3.05) is 20.8 Å². The molecule has 1 atom stereocenters. The third kappa shape index (κ3) is 4.47. The second-order valence-corrected chi connectivity index (χ2v) is 5.74. The first-order valence-corrected chi connectivity index (χ1v) is 7.78. The molecular weight excluding hydrogens is 346 g/mol. The Morgan fingerprint density at radius 3 is 2.41 bits per heavy atom. The summed E-state index contributed by atoms with van der Waals surface area (Å²) in [7, 11) is 3.27. The Morgan fingerprint density at radius 1 is 1.09 bits per heavy atom. The number of aliphatic hydroxyl groups excluding tert-OH is 1. The molecule has 2 aromatic rings. The number of benzene rings is 2. The Kier molecular flexibility index (Phi) is 6.24. The molecule has 0 bridgehead atoms. The summed E-state index contributed by atoms with van der Waals surface area (Å²) >= 11 is 3.46. The molecule has 2 aromatic carbocycles. The Labute approximate surface area is 139 Å². The summed E-state index contributed by atoms with van der Waals surface area (Å²) in [5, 5.41) is 13.4. The first-order valence-electron chi connectivity index (χ1n) is 6.99. The largest absolute Gasteiger partial charge is 0.497 e. The lowest BCUT2D eigenvalue weighted by Gasteiger charge is -2.13. The van der Waals surface area contributed by atoms with Crippen LogP contribution in [0.1, 0.15) is 17.2 Å². The lowest BCUT2D eigenvalue weighted by atomic mass is 10.1. The monoisotopic (exact) mass is 365 g/mol. The third-order valence-corrected chi connectivity index (χ3v) is 4.00. The van der Waals surface area contributed by atoms with Gasteiger partial charge >= 0.3 is 0 Å². The minimum absolute atomic E-state index is 0.482. The number of rotatable bonds is 7. The summed E-state index contributed by atoms with van der Waals surface area (Å²) in [6.07, 6.45) is -0.549. The van der Waals surface area contributed by atoms with Crippen LogP contribution in [0.25, 0.3) is 0 Å². The van der Waals surface area contributed by atoms with Crippen LogP contribution in [0.2, 0.25) is 0 Å². The summed E-state index contributed by atoms with van der Waals surface area (Å²) in [5.41, 5.74) is 1.99. The molecule has 5 heteroatoms. The van der Waals surface area contributed by atoms with Crippen LogP contribution < -0.4 is 14.8 Å². The quantitative estimate of drug-likeness (QED) is 0.790. The zero-order valence-corrected chi connectivity index (χ0v) is 14.3. The molecule has 1 unspecified atom stereocenters. The molecule has 0 aliphatic carbocycles. The van der Waals surface area contributed by atoms with Crippen LogP contribution in [-0.4, -0.2) is 25.9 Å². The van der Waals surface area contributed by atoms with Gasteiger partial charge in [0.25, 0.3) is 0 Å². The summed E-state index contributed by atoms with van der Waals surface area (Å²) in [4.78, 5) is 0. The van der Waals surface area contributed by atoms with E-state index in [2.05, 4.69) is 21.2 Å². The molecule has 0 aromatic heterocycles. The maximum Gasteiger partial charge on any atom is 0.133 e. The number of nitrogens with one attached hydrogen (secondary N) is 1. The van der Waals surface area contributed by atoms with Gasteiger partial charge < -0.3 is 19.9 Å². The highest BCUT2D eigenvalue weighted by Crippen LogP contribution is 2.25. The van der Waals surface area contributed by atoms with Crippen molar-refractivity contribution < 1.29 is 14.6 Å². The van der Waals surface area contributed by atoms with Gasteiger partial charge in [0.05, 0.1) is 24.8 Å². The van der Waals surface area contributed by atoms with E-state index in [-0.39, 0.29) is 0 Å². The van der Waals surface area contributed by atoms with Crippen LogP contribution in [0.15, 0.2) is 46.9 Å². The summed E-state index contributed by atoms with van der Waals surface area (Å²) in [5.74, 6) is 1.59. The van der Waals surface area contributed by atoms with Crippen molar-refractivity contribution in [2.45, 2.75) is 12.6 Å². The van der Waals surface area contributed by atoms with E-state index in [9.17, 15) is 5.11 Å². The molecule has 0 fully saturated rings. The predicted molar refractivity (Wildman–Crippen MR) is 90.4 cm³/mol. The minimum atomic E-state index is -0.549. The predicted octanol–water partition coefficient (Wildman–Crippen LogP) is 3.29. The van der Waals surface area contributed by atoms with Crippen LogP contribution in [0.4, 0.5) is 0 Å². The van der Waals surface area contributed by atoms with Crippen LogP contribution in [0.3, 0.4) is 0 Å². The Morgan fingerprint density at radius 2 is 1.82 bits per heavy atom. The van der Waals surface area contributed by atoms with Crippen molar-refractivity contribution in [1.29, 1.82) is 0 Å². The zero-order valence-electron chi connectivity index (χ0n) is 12.7. The molecular formula is C17H20BrNO3. The van der Waals surface area contributed by atoms with Gasteiger partial charge in [-0.3, -0.25) is 0 Å². The van der Waals surface area contributed by atoms with Gasteiger partial charge in [-0.1, -0.05) is 18.2 Å². The van der Waals surface area contributed by atoms with Gasteiger partial charge in [0.1, 0.15) is 11.5 Å². The molecule has 0 aliphatic heterocycles. The zero-order chi connectivity index (χ0) is 15.9. The molecule has 2 rings (SSSR count). The lowest BCUT2D eigenvalue weighted by molar-refractivity contribution is 0.174. The van der Waals surface area contributed by atoms with E-state index in [0.717, 1.165) is 27.1 Å². The second kappa shape index (κ2) is 8.17. The lowest BCUT2D eigenvalue weighted by Crippen LogP contribution is -2.21. The maximum absolute atomic E-state index is 10.2. The number of aliphatic hydroxyl groups is 1. The highest BCUT2D eigenvalue weighted by atomic mass is 79.9. The van der Waals surface area contributed by atoms with Crippen molar-refractivity contribution in [3.8, 4) is 11.5 Å². The van der Waals surface area contributed by atoms with Gasteiger partial charge in [-0.05, 0) is 51.3 Å². The first-order chi connectivity index (χ1) is 10.6. The number of ether oxygens (including phenoxy) is 2. The minimum Gasteiger partial charge on any atom is -0.497 e. The molecule has 0 amide bonds. The molecule has 2 N–H and O–H groups in total. The molecule has 22 heavy (non-hydrogen) atoms. The van der Waals surface area contributed by atoms with Crippen molar-refractivity contribution in [3.63, 3.8) is 0 Å². The van der Waals surface area contributed by atoms with Crippen molar-refractivity contribution in [1.82, 2.24) is 5.32 Å². The normalized spacial score (nSPS) is 12.0. The Bertz CT molecular complexity index is 601. The fourth-order valence-corrected chi connectivity index (χ4v) is 2.71. The van der Waals surface area contributed by atoms with Gasteiger partial charge in [-0.25, -0.2) is 0 Å². The van der Waals surface area contributed by atoms with Crippen molar-refractivity contribution >= 4 is 15.9 Å². The average Bonchev–Trinajstić information content (AvgIpc) is 2.55. The van der Waals surface area contributed by atoms with E-state index >= 15 is 0 Å². The van der Waals surface area contributed by atoms with E-state index in [1.807, 2.05) is 42.5 Å². The van der Waals surface area contributed by atoms with Crippen LogP contribution in [0, 0.1) is 0 Å². The van der Waals surface area contributed by atoms with E-state index in [1.54, 1.807) is 14.2 Å². The summed E-state index contributed by atoms with van der Waals surface area (Å²) < 4.78 is 11.2. The third-order valence-electron chi connectivity index (χ3n) is 3.38. The van der Waals surface area contributed by atoms with E-state index < -0.39 is 6.10 Å². The fraction of sp³-hybridized carbons (Fsp3) is 0.294. The van der Waals surface area contributed by atoms with Crippen LogP contribution in [0.5, 0.6) is 11.5 Å². The first kappa shape index (κ1) is 16.8. The topological polar surface area (TPSA) is 50.7 Å². The van der Waals surface area contributed by atoms with Crippen LogP contribution in [-0.2, 0) is 6.54 Å².